The largest absolute Gasteiger partial charge is 0.468 e. The molecule has 0 aliphatic carbocycles. The average Bonchev–Trinajstić information content (AvgIpc) is 2.73. The Bertz CT molecular complexity index is 392. The molecule has 1 rings (SSSR count). The number of carbonyl (C=O) groups is 1. The number of thioether (sulfide) groups is 1. The van der Waals surface area contributed by atoms with Crippen LogP contribution in [0, 0.1) is 6.92 Å². The third-order valence-corrected chi connectivity index (χ3v) is 3.48. The van der Waals surface area contributed by atoms with Crippen molar-refractivity contribution in [2.75, 3.05) is 12.9 Å². The van der Waals surface area contributed by atoms with E-state index in [-0.39, 0.29) is 5.97 Å². The minimum atomic E-state index is -0.888. The summed E-state index contributed by atoms with van der Waals surface area (Å²) in [6, 6.07) is 0. The standard InChI is InChI=1S/C11H20N4O2S/c1-8-13-10(15-14-8)18-7-5-4-6-11(2,12)9(16)17-3/h4-7,12H2,1-3H3,(H,13,14,15). The van der Waals surface area contributed by atoms with Gasteiger partial charge in [0.25, 0.3) is 0 Å². The lowest BCUT2D eigenvalue weighted by molar-refractivity contribution is -0.146. The molecule has 1 unspecified atom stereocenters. The van der Waals surface area contributed by atoms with Gasteiger partial charge in [0.05, 0.1) is 7.11 Å². The van der Waals surface area contributed by atoms with Gasteiger partial charge in [-0.2, -0.15) is 0 Å². The van der Waals surface area contributed by atoms with Crippen LogP contribution >= 0.6 is 11.8 Å². The van der Waals surface area contributed by atoms with Crippen LogP contribution in [-0.2, 0) is 9.53 Å². The Hall–Kier alpha value is -1.08. The van der Waals surface area contributed by atoms with Crippen LogP contribution in [0.15, 0.2) is 5.16 Å². The van der Waals surface area contributed by atoms with Gasteiger partial charge >= 0.3 is 5.97 Å². The van der Waals surface area contributed by atoms with Crippen LogP contribution in [0.2, 0.25) is 0 Å². The van der Waals surface area contributed by atoms with E-state index in [9.17, 15) is 4.79 Å². The van der Waals surface area contributed by atoms with Crippen molar-refractivity contribution >= 4 is 17.7 Å². The molecule has 0 fully saturated rings. The van der Waals surface area contributed by atoms with E-state index in [2.05, 4.69) is 19.9 Å². The molecular formula is C11H20N4O2S. The number of ether oxygens (including phenoxy) is 1. The van der Waals surface area contributed by atoms with Gasteiger partial charge in [-0.05, 0) is 26.7 Å². The van der Waals surface area contributed by atoms with Crippen LogP contribution in [0.1, 0.15) is 32.0 Å². The number of rotatable bonds is 7. The topological polar surface area (TPSA) is 93.9 Å². The maximum absolute atomic E-state index is 11.3. The summed E-state index contributed by atoms with van der Waals surface area (Å²) in [5, 5.41) is 7.59. The minimum Gasteiger partial charge on any atom is -0.468 e. The molecule has 1 atom stereocenters. The molecule has 6 nitrogen and oxygen atoms in total. The second kappa shape index (κ2) is 6.75. The van der Waals surface area contributed by atoms with Gasteiger partial charge in [-0.25, -0.2) is 4.98 Å². The van der Waals surface area contributed by atoms with Crippen LogP contribution in [-0.4, -0.2) is 39.6 Å². The number of methoxy groups -OCH3 is 1. The Morgan fingerprint density at radius 1 is 1.56 bits per heavy atom. The summed E-state index contributed by atoms with van der Waals surface area (Å²) >= 11 is 1.60. The highest BCUT2D eigenvalue weighted by molar-refractivity contribution is 7.99. The zero-order valence-electron chi connectivity index (χ0n) is 11.0. The summed E-state index contributed by atoms with van der Waals surface area (Å²) in [6.45, 7) is 3.57. The molecule has 1 aromatic heterocycles. The second-order valence-electron chi connectivity index (χ2n) is 4.42. The fourth-order valence-electron chi connectivity index (χ4n) is 1.48. The molecular weight excluding hydrogens is 252 g/mol. The smallest absolute Gasteiger partial charge is 0.325 e. The lowest BCUT2D eigenvalue weighted by atomic mass is 9.97. The molecule has 0 bridgehead atoms. The van der Waals surface area contributed by atoms with Gasteiger partial charge in [0, 0.05) is 5.75 Å². The summed E-state index contributed by atoms with van der Waals surface area (Å²) in [5.74, 6) is 1.37. The highest BCUT2D eigenvalue weighted by atomic mass is 32.2. The molecule has 3 N–H and O–H groups in total. The van der Waals surface area contributed by atoms with E-state index >= 15 is 0 Å². The van der Waals surface area contributed by atoms with Crippen molar-refractivity contribution in [3.8, 4) is 0 Å². The first-order valence-electron chi connectivity index (χ1n) is 5.85. The molecule has 0 saturated heterocycles. The molecule has 0 aliphatic rings. The number of aryl methyl sites for hydroxylation is 1. The predicted octanol–water partition coefficient (Wildman–Crippen LogP) is 1.27. The Labute approximate surface area is 111 Å². The van der Waals surface area contributed by atoms with E-state index in [1.165, 1.54) is 7.11 Å². The summed E-state index contributed by atoms with van der Waals surface area (Å²) < 4.78 is 4.65. The number of nitrogens with zero attached hydrogens (tertiary/aromatic N) is 2. The van der Waals surface area contributed by atoms with Crippen molar-refractivity contribution in [1.82, 2.24) is 15.2 Å². The maximum Gasteiger partial charge on any atom is 0.325 e. The first kappa shape index (κ1) is 15.0. The monoisotopic (exact) mass is 272 g/mol. The van der Waals surface area contributed by atoms with Crippen molar-refractivity contribution in [1.29, 1.82) is 0 Å². The molecule has 0 radical (unpaired) electrons. The number of aromatic amines is 1. The van der Waals surface area contributed by atoms with Gasteiger partial charge < -0.3 is 10.5 Å². The molecule has 0 saturated carbocycles. The SMILES string of the molecule is COC(=O)C(C)(N)CCCCSc1n[nH]c(C)n1. The number of H-pyrrole nitrogens is 1. The second-order valence-corrected chi connectivity index (χ2v) is 5.48. The van der Waals surface area contributed by atoms with E-state index in [0.717, 1.165) is 29.6 Å². The number of nitrogens with two attached hydrogens (primary N) is 1. The molecule has 1 aromatic rings. The molecule has 1 heterocycles. The highest BCUT2D eigenvalue weighted by Crippen LogP contribution is 2.17. The normalized spacial score (nSPS) is 14.2. The van der Waals surface area contributed by atoms with E-state index in [1.807, 2.05) is 6.92 Å². The van der Waals surface area contributed by atoms with Gasteiger partial charge in [-0.15, -0.1) is 5.10 Å². The summed E-state index contributed by atoms with van der Waals surface area (Å²) in [6.07, 6.45) is 2.45. The number of esters is 1. The number of aromatic nitrogens is 3. The fraction of sp³-hybridized carbons (Fsp3) is 0.727. The van der Waals surface area contributed by atoms with E-state index < -0.39 is 5.54 Å². The first-order valence-corrected chi connectivity index (χ1v) is 6.83. The summed E-state index contributed by atoms with van der Waals surface area (Å²) in [4.78, 5) is 15.5. The molecule has 0 spiro atoms. The number of nitrogens with one attached hydrogen (secondary N) is 1. The van der Waals surface area contributed by atoms with Gasteiger partial charge in [-0.1, -0.05) is 18.2 Å². The van der Waals surface area contributed by atoms with Crippen molar-refractivity contribution in [3.63, 3.8) is 0 Å². The van der Waals surface area contributed by atoms with E-state index in [1.54, 1.807) is 18.7 Å². The number of carbonyl (C=O) groups excluding carboxylic acids is 1. The van der Waals surface area contributed by atoms with Crippen LogP contribution in [0.25, 0.3) is 0 Å². The zero-order valence-corrected chi connectivity index (χ0v) is 11.8. The highest BCUT2D eigenvalue weighted by Gasteiger charge is 2.28. The molecule has 0 amide bonds. The quantitative estimate of drug-likeness (QED) is 0.441. The minimum absolute atomic E-state index is 0.361. The van der Waals surface area contributed by atoms with E-state index in [0.29, 0.717) is 6.42 Å². The van der Waals surface area contributed by atoms with E-state index in [4.69, 9.17) is 5.73 Å². The Balaban J connectivity index is 2.17. The third-order valence-electron chi connectivity index (χ3n) is 2.55. The number of unbranched alkanes of at least 4 members (excludes halogenated alkanes) is 1. The fourth-order valence-corrected chi connectivity index (χ4v) is 2.32. The molecule has 7 heteroatoms. The molecule has 18 heavy (non-hydrogen) atoms. The van der Waals surface area contributed by atoms with Crippen molar-refractivity contribution in [2.24, 2.45) is 5.73 Å². The van der Waals surface area contributed by atoms with Gasteiger partial charge in [-0.3, -0.25) is 9.89 Å². The third kappa shape index (κ3) is 4.66. The van der Waals surface area contributed by atoms with Crippen LogP contribution in [0.4, 0.5) is 0 Å². The van der Waals surface area contributed by atoms with Gasteiger partial charge in [0.15, 0.2) is 0 Å². The van der Waals surface area contributed by atoms with Crippen LogP contribution in [0.3, 0.4) is 0 Å². The summed E-state index contributed by atoms with van der Waals surface area (Å²) in [7, 11) is 1.36. The van der Waals surface area contributed by atoms with Gasteiger partial charge in [0.1, 0.15) is 11.4 Å². The van der Waals surface area contributed by atoms with Crippen LogP contribution < -0.4 is 5.73 Å². The summed E-state index contributed by atoms with van der Waals surface area (Å²) in [5.41, 5.74) is 4.97. The lowest BCUT2D eigenvalue weighted by Crippen LogP contribution is -2.45. The number of hydrogen-bond donors (Lipinski definition) is 2. The van der Waals surface area contributed by atoms with Gasteiger partial charge in [0.2, 0.25) is 5.16 Å². The lowest BCUT2D eigenvalue weighted by Gasteiger charge is -2.20. The Kier molecular flexibility index (Phi) is 5.61. The Morgan fingerprint density at radius 2 is 2.28 bits per heavy atom. The predicted molar refractivity (Wildman–Crippen MR) is 70.3 cm³/mol. The molecule has 102 valence electrons. The number of hydrogen-bond acceptors (Lipinski definition) is 6. The molecule has 0 aliphatic heterocycles. The van der Waals surface area contributed by atoms with Crippen LogP contribution in [0.5, 0.6) is 0 Å². The van der Waals surface area contributed by atoms with Crippen molar-refractivity contribution in [3.05, 3.63) is 5.82 Å². The molecule has 0 aromatic carbocycles. The first-order chi connectivity index (χ1) is 8.45. The maximum atomic E-state index is 11.3. The average molecular weight is 272 g/mol. The zero-order chi connectivity index (χ0) is 13.6. The van der Waals surface area contributed by atoms with Crippen molar-refractivity contribution in [2.45, 2.75) is 43.8 Å². The van der Waals surface area contributed by atoms with Crippen molar-refractivity contribution < 1.29 is 9.53 Å². The Morgan fingerprint density at radius 3 is 2.83 bits per heavy atom.